The molecule has 2 aromatic rings. The van der Waals surface area contributed by atoms with Gasteiger partial charge >= 0.3 is 0 Å². The lowest BCUT2D eigenvalue weighted by Crippen LogP contribution is -2.55. The second kappa shape index (κ2) is 13.1. The molecular weight excluding hydrogens is 644 g/mol. The van der Waals surface area contributed by atoms with E-state index in [0.717, 1.165) is 4.90 Å². The Kier molecular flexibility index (Phi) is 9.17. The Hall–Kier alpha value is -4.51. The van der Waals surface area contributed by atoms with Crippen LogP contribution in [-0.2, 0) is 30.3 Å². The maximum Gasteiger partial charge on any atom is 0.253 e. The average molecular weight is 681 g/mol. The number of phenolic OH excluding ortho intramolecular Hbond substituents is 2. The number of aromatic hydroxyl groups is 2. The van der Waals surface area contributed by atoms with Crippen molar-refractivity contribution in [2.75, 3.05) is 26.8 Å². The van der Waals surface area contributed by atoms with Crippen molar-refractivity contribution in [3.8, 4) is 17.2 Å². The van der Waals surface area contributed by atoms with Gasteiger partial charge in [-0.2, -0.15) is 0 Å². The lowest BCUT2D eigenvalue weighted by Gasteiger charge is -2.43. The van der Waals surface area contributed by atoms with Crippen molar-refractivity contribution >= 4 is 29.2 Å². The van der Waals surface area contributed by atoms with Crippen LogP contribution in [0.2, 0.25) is 0 Å². The Bertz CT molecular complexity index is 1770. The predicted molar refractivity (Wildman–Crippen MR) is 166 cm³/mol. The molecule has 49 heavy (non-hydrogen) atoms. The number of carbonyl (C=O) groups is 5. The number of carbonyl (C=O) groups excluding carboxylic acids is 5. The fourth-order valence-electron chi connectivity index (χ4n) is 7.09. The average Bonchev–Trinajstić information content (AvgIpc) is 3.40. The number of nitrogens with zero attached hydrogens (tertiary/aromatic N) is 1. The molecule has 260 valence electrons. The van der Waals surface area contributed by atoms with Crippen molar-refractivity contribution in [2.24, 2.45) is 0 Å². The maximum absolute atomic E-state index is 13.9. The number of hydrogen-bond donors (Lipinski definition) is 6. The Morgan fingerprint density at radius 1 is 1.06 bits per heavy atom. The first kappa shape index (κ1) is 34.4. The summed E-state index contributed by atoms with van der Waals surface area (Å²) in [4.78, 5) is 65.2. The Morgan fingerprint density at radius 3 is 2.43 bits per heavy atom. The lowest BCUT2D eigenvalue weighted by atomic mass is 9.72. The molecule has 6 rings (SSSR count). The highest BCUT2D eigenvalue weighted by atomic mass is 16.7. The summed E-state index contributed by atoms with van der Waals surface area (Å²) >= 11 is 0. The van der Waals surface area contributed by atoms with Gasteiger partial charge < -0.3 is 45.1 Å². The van der Waals surface area contributed by atoms with Crippen LogP contribution in [0.25, 0.3) is 0 Å². The number of methoxy groups -OCH3 is 1. The number of ether oxygens (including phenoxy) is 3. The van der Waals surface area contributed by atoms with E-state index in [1.165, 1.54) is 37.5 Å². The SMILES string of the molecule is COc1cccc2c1C(=O)c1c(O)c3c(c(O)c1C2=O)C[C@@](O)(C(=O)CO)C[C@@H]3OC1CC(NCCCN2C(=O)C=CC2=O)C(O)C(C)O1. The fourth-order valence-corrected chi connectivity index (χ4v) is 7.09. The summed E-state index contributed by atoms with van der Waals surface area (Å²) in [7, 11) is 1.31. The molecule has 0 radical (unpaired) electrons. The zero-order valence-corrected chi connectivity index (χ0v) is 26.7. The van der Waals surface area contributed by atoms with Crippen molar-refractivity contribution in [3.63, 3.8) is 0 Å². The van der Waals surface area contributed by atoms with E-state index in [2.05, 4.69) is 5.32 Å². The van der Waals surface area contributed by atoms with Crippen molar-refractivity contribution in [1.82, 2.24) is 10.2 Å². The van der Waals surface area contributed by atoms with Gasteiger partial charge in [-0.15, -0.1) is 0 Å². The molecule has 15 heteroatoms. The van der Waals surface area contributed by atoms with Gasteiger partial charge in [0.2, 0.25) is 5.78 Å². The molecule has 6 N–H and O–H groups in total. The van der Waals surface area contributed by atoms with Gasteiger partial charge in [-0.25, -0.2) is 0 Å². The van der Waals surface area contributed by atoms with Crippen LogP contribution in [0.5, 0.6) is 17.2 Å². The van der Waals surface area contributed by atoms with Gasteiger partial charge in [-0.05, 0) is 26.0 Å². The Labute approximate surface area is 279 Å². The highest BCUT2D eigenvalue weighted by Gasteiger charge is 2.50. The lowest BCUT2D eigenvalue weighted by molar-refractivity contribution is -0.249. The first-order valence-electron chi connectivity index (χ1n) is 15.8. The van der Waals surface area contributed by atoms with Gasteiger partial charge in [0.1, 0.15) is 29.5 Å². The van der Waals surface area contributed by atoms with Crippen LogP contribution in [0.15, 0.2) is 30.4 Å². The van der Waals surface area contributed by atoms with E-state index >= 15 is 0 Å². The second-order valence-electron chi connectivity index (χ2n) is 12.6. The molecule has 2 heterocycles. The molecule has 0 aromatic heterocycles. The fraction of sp³-hybridized carbons (Fsp3) is 0.441. The van der Waals surface area contributed by atoms with Crippen LogP contribution >= 0.6 is 0 Å². The number of rotatable bonds is 10. The number of ketones is 3. The first-order valence-corrected chi connectivity index (χ1v) is 15.8. The molecular formula is C34H36N2O13. The van der Waals surface area contributed by atoms with Gasteiger partial charge in [0, 0.05) is 60.7 Å². The molecule has 2 aliphatic carbocycles. The number of fused-ring (bicyclic) bond motifs is 3. The van der Waals surface area contributed by atoms with Crippen LogP contribution in [0.1, 0.15) is 75.3 Å². The van der Waals surface area contributed by atoms with Gasteiger partial charge in [0.05, 0.1) is 42.1 Å². The van der Waals surface area contributed by atoms with E-state index in [-0.39, 0.29) is 41.0 Å². The van der Waals surface area contributed by atoms with Crippen molar-refractivity contribution in [3.05, 3.63) is 63.7 Å². The van der Waals surface area contributed by atoms with E-state index in [4.69, 9.17) is 14.2 Å². The number of imide groups is 1. The second-order valence-corrected chi connectivity index (χ2v) is 12.6. The molecule has 15 nitrogen and oxygen atoms in total. The molecule has 2 amide bonds. The highest BCUT2D eigenvalue weighted by Crippen LogP contribution is 2.52. The van der Waals surface area contributed by atoms with Crippen LogP contribution in [0.4, 0.5) is 0 Å². The van der Waals surface area contributed by atoms with Crippen LogP contribution in [0, 0.1) is 0 Å². The number of amides is 2. The molecule has 0 saturated carbocycles. The summed E-state index contributed by atoms with van der Waals surface area (Å²) in [6, 6.07) is 3.71. The number of aliphatic hydroxyl groups excluding tert-OH is 2. The van der Waals surface area contributed by atoms with E-state index in [1.54, 1.807) is 6.92 Å². The monoisotopic (exact) mass is 680 g/mol. The molecule has 0 bridgehead atoms. The van der Waals surface area contributed by atoms with E-state index in [0.29, 0.717) is 13.0 Å². The largest absolute Gasteiger partial charge is 0.507 e. The van der Waals surface area contributed by atoms with Crippen molar-refractivity contribution in [2.45, 2.75) is 68.9 Å². The normalized spacial score (nSPS) is 27.6. The number of phenols is 2. The number of nitrogens with one attached hydrogen (secondary N) is 1. The molecule has 0 spiro atoms. The summed E-state index contributed by atoms with van der Waals surface area (Å²) < 4.78 is 17.5. The maximum atomic E-state index is 13.9. The molecule has 2 aromatic carbocycles. The van der Waals surface area contributed by atoms with Gasteiger partial charge in [0.15, 0.2) is 17.9 Å². The minimum Gasteiger partial charge on any atom is -0.507 e. The number of hydrogen-bond acceptors (Lipinski definition) is 14. The van der Waals surface area contributed by atoms with E-state index in [1.807, 2.05) is 0 Å². The van der Waals surface area contributed by atoms with E-state index < -0.39 is 107 Å². The molecule has 1 saturated heterocycles. The van der Waals surface area contributed by atoms with Gasteiger partial charge in [-0.3, -0.25) is 28.9 Å². The quantitative estimate of drug-likeness (QED) is 0.0937. The smallest absolute Gasteiger partial charge is 0.253 e. The zero-order valence-electron chi connectivity index (χ0n) is 26.7. The zero-order chi connectivity index (χ0) is 35.4. The summed E-state index contributed by atoms with van der Waals surface area (Å²) in [5.41, 5.74) is -3.86. The predicted octanol–water partition coefficient (Wildman–Crippen LogP) is -0.0527. The summed E-state index contributed by atoms with van der Waals surface area (Å²) in [5.74, 6) is -4.76. The van der Waals surface area contributed by atoms with E-state index in [9.17, 15) is 49.5 Å². The number of aliphatic hydroxyl groups is 3. The van der Waals surface area contributed by atoms with Crippen molar-refractivity contribution < 1.29 is 63.7 Å². The highest BCUT2D eigenvalue weighted by molar-refractivity contribution is 6.31. The number of Topliss-reactive ketones (excluding diaryl/α,β-unsaturated/α-hetero) is 1. The molecule has 2 aliphatic heterocycles. The Morgan fingerprint density at radius 2 is 1.76 bits per heavy atom. The molecule has 1 fully saturated rings. The third-order valence-corrected chi connectivity index (χ3v) is 9.63. The third kappa shape index (κ3) is 5.81. The molecule has 4 aliphatic rings. The van der Waals surface area contributed by atoms with Crippen molar-refractivity contribution in [1.29, 1.82) is 0 Å². The van der Waals surface area contributed by atoms with Gasteiger partial charge in [0.25, 0.3) is 11.8 Å². The first-order chi connectivity index (χ1) is 23.3. The van der Waals surface area contributed by atoms with Crippen LogP contribution in [-0.4, -0.2) is 117 Å². The molecule has 4 unspecified atom stereocenters. The van der Waals surface area contributed by atoms with Crippen LogP contribution < -0.4 is 10.1 Å². The molecule has 6 atom stereocenters. The minimum absolute atomic E-state index is 0.0204. The Balaban J connectivity index is 1.31. The third-order valence-electron chi connectivity index (χ3n) is 9.63. The topological polar surface area (TPSA) is 229 Å². The van der Waals surface area contributed by atoms with Crippen LogP contribution in [0.3, 0.4) is 0 Å². The summed E-state index contributed by atoms with van der Waals surface area (Å²) in [5, 5.41) is 58.4. The van der Waals surface area contributed by atoms with Gasteiger partial charge in [-0.1, -0.05) is 12.1 Å². The standard InChI is InChI=1S/C34H36N2O13/c1-15-29(41)18(35-9-4-10-36-22(39)7-8-23(36)40)11-24(48-15)49-20-13-34(46,21(38)14-37)12-17-26(20)33(45)28-27(31(17)43)30(42)16-5-3-6-19(47-2)25(16)32(28)44/h3,5-8,15,18,20,24,29,35,37,41,43,45-46H,4,9-14H2,1-2H3/t15?,18?,20-,24?,29?,34-/m0/s1. The summed E-state index contributed by atoms with van der Waals surface area (Å²) in [6.07, 6.45) is -2.67. The summed E-state index contributed by atoms with van der Waals surface area (Å²) in [6.45, 7) is 1.00. The minimum atomic E-state index is -2.30. The number of benzene rings is 2.